The second kappa shape index (κ2) is 9.34. The van der Waals surface area contributed by atoms with Gasteiger partial charge in [-0.3, -0.25) is 4.57 Å². The Kier molecular flexibility index (Phi) is 8.82. The molecule has 1 aromatic carbocycles. The van der Waals surface area contributed by atoms with Crippen LogP contribution < -0.4 is 0 Å². The van der Waals surface area contributed by atoms with Crippen LogP contribution in [0.2, 0.25) is 0 Å². The molecular weight excluding hydrogens is 223 g/mol. The molecule has 0 aromatic heterocycles. The third kappa shape index (κ3) is 8.42. The Hall–Kier alpha value is -0.890. The van der Waals surface area contributed by atoms with Crippen LogP contribution >= 0.6 is 8.25 Å². The van der Waals surface area contributed by atoms with Crippen molar-refractivity contribution in [1.29, 1.82) is 0 Å². The van der Waals surface area contributed by atoms with Crippen molar-refractivity contribution in [2.75, 3.05) is 0 Å². The van der Waals surface area contributed by atoms with Gasteiger partial charge in [-0.05, 0) is 18.4 Å². The van der Waals surface area contributed by atoms with E-state index in [1.54, 1.807) is 0 Å². The summed E-state index contributed by atoms with van der Waals surface area (Å²) in [5.74, 6) is 0. The second-order valence-corrected chi connectivity index (χ2v) is 3.77. The van der Waals surface area contributed by atoms with Gasteiger partial charge in [-0.1, -0.05) is 55.8 Å². The maximum Gasteiger partial charge on any atom is 0.314 e. The Morgan fingerprint density at radius 1 is 1.19 bits per heavy atom. The molecule has 0 aliphatic rings. The van der Waals surface area contributed by atoms with Gasteiger partial charge in [0.2, 0.25) is 0 Å². The van der Waals surface area contributed by atoms with E-state index in [9.17, 15) is 0 Å². The molecule has 4 heteroatoms. The van der Waals surface area contributed by atoms with Gasteiger partial charge in [-0.2, -0.15) is 0 Å². The molecule has 0 aliphatic carbocycles. The summed E-state index contributed by atoms with van der Waals surface area (Å²) in [7, 11) is -3.13. The first-order valence-electron chi connectivity index (χ1n) is 5.26. The lowest BCUT2D eigenvalue weighted by molar-refractivity contribution is 0.405. The number of hydrogen-bond donors (Lipinski definition) is 2. The summed E-state index contributed by atoms with van der Waals surface area (Å²) < 4.78 is 8.74. The van der Waals surface area contributed by atoms with Crippen molar-refractivity contribution < 1.29 is 14.4 Å². The van der Waals surface area contributed by atoms with Gasteiger partial charge in [0.25, 0.3) is 0 Å². The van der Waals surface area contributed by atoms with Crippen molar-refractivity contribution >= 4 is 14.3 Å². The monoisotopic (exact) mass is 242 g/mol. The van der Waals surface area contributed by atoms with Crippen LogP contribution in [0.1, 0.15) is 32.3 Å². The number of allylic oxidation sites excluding steroid dienone is 1. The smallest absolute Gasteiger partial charge is 0.314 e. The minimum absolute atomic E-state index is 1.16. The van der Waals surface area contributed by atoms with Crippen molar-refractivity contribution in [3.05, 3.63) is 41.5 Å². The predicted octanol–water partition coefficient (Wildman–Crippen LogP) is 3.25. The van der Waals surface area contributed by atoms with Gasteiger partial charge in [0, 0.05) is 0 Å². The van der Waals surface area contributed by atoms with E-state index in [2.05, 4.69) is 50.3 Å². The molecule has 90 valence electrons. The van der Waals surface area contributed by atoms with Crippen molar-refractivity contribution in [2.45, 2.75) is 26.7 Å². The molecule has 0 saturated carbocycles. The highest BCUT2D eigenvalue weighted by molar-refractivity contribution is 7.30. The molecule has 1 rings (SSSR count). The maximum atomic E-state index is 8.74. The van der Waals surface area contributed by atoms with E-state index in [1.807, 2.05) is 0 Å². The Morgan fingerprint density at radius 2 is 1.62 bits per heavy atom. The molecule has 0 unspecified atom stereocenters. The lowest BCUT2D eigenvalue weighted by Gasteiger charge is -1.99. The standard InChI is InChI=1S/C12H16.H3O3P/c1-3-11(4-2)10-12-8-6-5-7-9-12;1-4(2)3/h5-10H,3-4H2,1-2H3;4H,(H2,1,2,3). The highest BCUT2D eigenvalue weighted by atomic mass is 31.1. The average molecular weight is 242 g/mol. The van der Waals surface area contributed by atoms with E-state index in [0.29, 0.717) is 0 Å². The van der Waals surface area contributed by atoms with Gasteiger partial charge in [0.15, 0.2) is 0 Å². The zero-order valence-corrected chi connectivity index (χ0v) is 10.7. The van der Waals surface area contributed by atoms with Gasteiger partial charge in [-0.15, -0.1) is 0 Å². The first-order chi connectivity index (χ1) is 7.60. The largest absolute Gasteiger partial charge is 0.326 e. The lowest BCUT2D eigenvalue weighted by atomic mass is 10.1. The summed E-state index contributed by atoms with van der Waals surface area (Å²) >= 11 is 0. The summed E-state index contributed by atoms with van der Waals surface area (Å²) in [6.07, 6.45) is 4.59. The number of rotatable bonds is 3. The molecule has 0 radical (unpaired) electrons. The highest BCUT2D eigenvalue weighted by Gasteiger charge is 1.90. The molecule has 1 aromatic rings. The number of hydrogen-bond acceptors (Lipinski definition) is 1. The van der Waals surface area contributed by atoms with Crippen LogP contribution in [0.25, 0.3) is 6.08 Å². The van der Waals surface area contributed by atoms with Crippen LogP contribution in [0.15, 0.2) is 35.9 Å². The Balaban J connectivity index is 0.000000487. The van der Waals surface area contributed by atoms with Crippen LogP contribution in [0.5, 0.6) is 0 Å². The minimum Gasteiger partial charge on any atom is -0.326 e. The van der Waals surface area contributed by atoms with Crippen molar-refractivity contribution in [2.24, 2.45) is 0 Å². The van der Waals surface area contributed by atoms with Crippen LogP contribution in [-0.2, 0) is 4.57 Å². The van der Waals surface area contributed by atoms with Gasteiger partial charge in [0.1, 0.15) is 0 Å². The normalized spacial score (nSPS) is 9.31. The highest BCUT2D eigenvalue weighted by Crippen LogP contribution is 2.11. The van der Waals surface area contributed by atoms with E-state index in [4.69, 9.17) is 14.4 Å². The second-order valence-electron chi connectivity index (χ2n) is 3.20. The van der Waals surface area contributed by atoms with E-state index in [0.717, 1.165) is 12.8 Å². The van der Waals surface area contributed by atoms with Gasteiger partial charge in [-0.25, -0.2) is 0 Å². The third-order valence-corrected chi connectivity index (χ3v) is 2.08. The molecular formula is C12H19O3P. The summed E-state index contributed by atoms with van der Waals surface area (Å²) in [6.45, 7) is 4.41. The van der Waals surface area contributed by atoms with E-state index < -0.39 is 8.25 Å². The molecule has 16 heavy (non-hydrogen) atoms. The van der Waals surface area contributed by atoms with Crippen molar-refractivity contribution in [1.82, 2.24) is 0 Å². The zero-order valence-electron chi connectivity index (χ0n) is 9.68. The molecule has 0 atom stereocenters. The Morgan fingerprint density at radius 3 is 2.00 bits per heavy atom. The average Bonchev–Trinajstić information content (AvgIpc) is 2.26. The van der Waals surface area contributed by atoms with E-state index in [1.165, 1.54) is 11.1 Å². The zero-order chi connectivity index (χ0) is 12.4. The third-order valence-electron chi connectivity index (χ3n) is 2.08. The molecule has 0 bridgehead atoms. The van der Waals surface area contributed by atoms with Gasteiger partial charge < -0.3 is 9.79 Å². The van der Waals surface area contributed by atoms with Crippen molar-refractivity contribution in [3.8, 4) is 0 Å². The fraction of sp³-hybridized carbons (Fsp3) is 0.333. The SMILES string of the molecule is CCC(=Cc1ccccc1)CC.O=[PH](O)O. The maximum absolute atomic E-state index is 8.74. The minimum atomic E-state index is -3.13. The lowest BCUT2D eigenvalue weighted by Crippen LogP contribution is -1.77. The molecule has 2 N–H and O–H groups in total. The fourth-order valence-electron chi connectivity index (χ4n) is 1.24. The Bertz CT molecular complexity index is 323. The van der Waals surface area contributed by atoms with E-state index in [-0.39, 0.29) is 0 Å². The Labute approximate surface area is 97.4 Å². The summed E-state index contributed by atoms with van der Waals surface area (Å²) in [5.41, 5.74) is 2.83. The molecule has 3 nitrogen and oxygen atoms in total. The molecule has 0 fully saturated rings. The van der Waals surface area contributed by atoms with Crippen LogP contribution in [-0.4, -0.2) is 9.79 Å². The molecule has 0 saturated heterocycles. The molecule has 0 spiro atoms. The molecule has 0 aliphatic heterocycles. The summed E-state index contributed by atoms with van der Waals surface area (Å²) in [6, 6.07) is 10.5. The quantitative estimate of drug-likeness (QED) is 0.800. The first kappa shape index (κ1) is 15.1. The fourth-order valence-corrected chi connectivity index (χ4v) is 1.24. The summed E-state index contributed by atoms with van der Waals surface area (Å²) in [4.78, 5) is 14.3. The van der Waals surface area contributed by atoms with E-state index >= 15 is 0 Å². The summed E-state index contributed by atoms with van der Waals surface area (Å²) in [5, 5.41) is 0. The number of benzene rings is 1. The van der Waals surface area contributed by atoms with Crippen LogP contribution in [0.4, 0.5) is 0 Å². The molecule has 0 heterocycles. The van der Waals surface area contributed by atoms with Gasteiger partial charge >= 0.3 is 8.25 Å². The predicted molar refractivity (Wildman–Crippen MR) is 68.4 cm³/mol. The van der Waals surface area contributed by atoms with Crippen molar-refractivity contribution in [3.63, 3.8) is 0 Å². The first-order valence-corrected chi connectivity index (χ1v) is 6.56. The van der Waals surface area contributed by atoms with Crippen LogP contribution in [0, 0.1) is 0 Å². The van der Waals surface area contributed by atoms with Crippen LogP contribution in [0.3, 0.4) is 0 Å². The van der Waals surface area contributed by atoms with Gasteiger partial charge in [0.05, 0.1) is 0 Å². The molecule has 0 amide bonds. The topological polar surface area (TPSA) is 57.5 Å².